The Morgan fingerprint density at radius 3 is 2.75 bits per heavy atom. The molecule has 0 spiro atoms. The fourth-order valence-electron chi connectivity index (χ4n) is 3.53. The van der Waals surface area contributed by atoms with Gasteiger partial charge in [0.1, 0.15) is 5.82 Å². The average molecular weight is 367 g/mol. The summed E-state index contributed by atoms with van der Waals surface area (Å²) in [7, 11) is 1.81. The van der Waals surface area contributed by atoms with Crippen molar-refractivity contribution in [3.05, 3.63) is 72.7 Å². The molecule has 1 aliphatic heterocycles. The lowest BCUT2D eigenvalue weighted by atomic mass is 10.1. The molecule has 5 rings (SSSR count). The molecule has 0 saturated carbocycles. The number of aromatic nitrogens is 3. The van der Waals surface area contributed by atoms with E-state index < -0.39 is 0 Å². The Balaban J connectivity index is 1.59. The van der Waals surface area contributed by atoms with Crippen LogP contribution in [0.1, 0.15) is 5.56 Å². The highest BCUT2D eigenvalue weighted by Crippen LogP contribution is 2.33. The van der Waals surface area contributed by atoms with Crippen LogP contribution in [0.3, 0.4) is 0 Å². The molecule has 0 atom stereocenters. The quantitative estimate of drug-likeness (QED) is 0.594. The van der Waals surface area contributed by atoms with Crippen LogP contribution in [0.4, 0.5) is 17.2 Å². The molecular weight excluding hydrogens is 350 g/mol. The van der Waals surface area contributed by atoms with Crippen molar-refractivity contribution in [3.8, 4) is 11.3 Å². The molecule has 0 unspecified atom stereocenters. The van der Waals surface area contributed by atoms with Crippen LogP contribution in [0.15, 0.2) is 67.1 Å². The van der Waals surface area contributed by atoms with E-state index in [0.29, 0.717) is 6.42 Å². The zero-order valence-corrected chi connectivity index (χ0v) is 15.3. The number of hydrogen-bond donors (Lipinski definition) is 1. The van der Waals surface area contributed by atoms with Crippen LogP contribution in [0, 0.1) is 0 Å². The van der Waals surface area contributed by atoms with Gasteiger partial charge in [0, 0.05) is 48.0 Å². The molecular formula is C22H17N5O. The van der Waals surface area contributed by atoms with Gasteiger partial charge in [0.15, 0.2) is 0 Å². The highest BCUT2D eigenvalue weighted by atomic mass is 16.2. The summed E-state index contributed by atoms with van der Waals surface area (Å²) in [5, 5.41) is 4.36. The number of likely N-dealkylation sites (N-methyl/N-ethyl adjacent to an activating group) is 1. The van der Waals surface area contributed by atoms with E-state index in [2.05, 4.69) is 15.3 Å². The van der Waals surface area contributed by atoms with Gasteiger partial charge in [-0.1, -0.05) is 0 Å². The van der Waals surface area contributed by atoms with Crippen LogP contribution < -0.4 is 10.2 Å². The van der Waals surface area contributed by atoms with E-state index in [1.165, 1.54) is 0 Å². The van der Waals surface area contributed by atoms with E-state index in [9.17, 15) is 4.79 Å². The van der Waals surface area contributed by atoms with Crippen molar-refractivity contribution in [1.29, 1.82) is 0 Å². The van der Waals surface area contributed by atoms with Crippen molar-refractivity contribution < 1.29 is 4.79 Å². The standard InChI is InChI=1S/C22H17N5O/c1-27-20-5-4-16(11-15(20)12-21(27)28)25-22-17-3-2-8-24-19(17)13-18(26-22)14-6-9-23-10-7-14/h2-11,13H,12H2,1H3,(H,25,26). The van der Waals surface area contributed by atoms with E-state index in [0.717, 1.165) is 44.9 Å². The van der Waals surface area contributed by atoms with E-state index in [-0.39, 0.29) is 5.91 Å². The SMILES string of the molecule is CN1C(=O)Cc2cc(Nc3nc(-c4ccncc4)cc4ncccc34)ccc21. The highest BCUT2D eigenvalue weighted by molar-refractivity contribution is 6.01. The van der Waals surface area contributed by atoms with Gasteiger partial charge in [0.25, 0.3) is 0 Å². The molecule has 4 heterocycles. The van der Waals surface area contributed by atoms with Crippen molar-refractivity contribution >= 4 is 34.0 Å². The first kappa shape index (κ1) is 16.4. The third-order valence-electron chi connectivity index (χ3n) is 4.99. The predicted octanol–water partition coefficient (Wildman–Crippen LogP) is 3.95. The molecule has 0 aliphatic carbocycles. The van der Waals surface area contributed by atoms with Gasteiger partial charge in [-0.15, -0.1) is 0 Å². The molecule has 0 radical (unpaired) electrons. The maximum Gasteiger partial charge on any atom is 0.231 e. The molecule has 0 fully saturated rings. The van der Waals surface area contributed by atoms with Gasteiger partial charge < -0.3 is 10.2 Å². The minimum Gasteiger partial charge on any atom is -0.340 e. The van der Waals surface area contributed by atoms with Crippen LogP contribution in [0.5, 0.6) is 0 Å². The van der Waals surface area contributed by atoms with Crippen molar-refractivity contribution in [2.45, 2.75) is 6.42 Å². The molecule has 1 amide bonds. The van der Waals surface area contributed by atoms with Crippen LogP contribution in [-0.4, -0.2) is 27.9 Å². The fourth-order valence-corrected chi connectivity index (χ4v) is 3.53. The maximum atomic E-state index is 12.0. The topological polar surface area (TPSA) is 71.0 Å². The first-order chi connectivity index (χ1) is 13.7. The Bertz CT molecular complexity index is 1210. The van der Waals surface area contributed by atoms with Crippen LogP contribution in [0.25, 0.3) is 22.2 Å². The van der Waals surface area contributed by atoms with E-state index in [1.54, 1.807) is 30.5 Å². The van der Waals surface area contributed by atoms with Gasteiger partial charge in [0.05, 0.1) is 17.6 Å². The number of rotatable bonds is 3. The lowest BCUT2D eigenvalue weighted by molar-refractivity contribution is -0.117. The molecule has 136 valence electrons. The van der Waals surface area contributed by atoms with Gasteiger partial charge in [-0.2, -0.15) is 0 Å². The fraction of sp³-hybridized carbons (Fsp3) is 0.0909. The van der Waals surface area contributed by atoms with E-state index in [1.807, 2.05) is 48.5 Å². The molecule has 0 saturated heterocycles. The Morgan fingerprint density at radius 1 is 1.04 bits per heavy atom. The van der Waals surface area contributed by atoms with Gasteiger partial charge >= 0.3 is 0 Å². The number of hydrogen-bond acceptors (Lipinski definition) is 5. The molecule has 28 heavy (non-hydrogen) atoms. The molecule has 1 aliphatic rings. The molecule has 1 N–H and O–H groups in total. The third kappa shape index (κ3) is 2.75. The monoisotopic (exact) mass is 367 g/mol. The Kier molecular flexibility index (Phi) is 3.76. The van der Waals surface area contributed by atoms with E-state index in [4.69, 9.17) is 4.98 Å². The number of benzene rings is 1. The third-order valence-corrected chi connectivity index (χ3v) is 4.99. The highest BCUT2D eigenvalue weighted by Gasteiger charge is 2.24. The van der Waals surface area contributed by atoms with Crippen molar-refractivity contribution in [1.82, 2.24) is 15.0 Å². The van der Waals surface area contributed by atoms with Crippen LogP contribution >= 0.6 is 0 Å². The number of pyridine rings is 3. The largest absolute Gasteiger partial charge is 0.340 e. The smallest absolute Gasteiger partial charge is 0.231 e. The van der Waals surface area contributed by atoms with Gasteiger partial charge in [-0.05, 0) is 54.1 Å². The number of fused-ring (bicyclic) bond motifs is 2. The Morgan fingerprint density at radius 2 is 1.89 bits per heavy atom. The summed E-state index contributed by atoms with van der Waals surface area (Å²) < 4.78 is 0. The normalized spacial score (nSPS) is 13.0. The lowest BCUT2D eigenvalue weighted by Gasteiger charge is -2.13. The summed E-state index contributed by atoms with van der Waals surface area (Å²) >= 11 is 0. The number of anilines is 3. The molecule has 0 bridgehead atoms. The summed E-state index contributed by atoms with van der Waals surface area (Å²) in [5.41, 5.74) is 5.54. The van der Waals surface area contributed by atoms with Gasteiger partial charge in [-0.25, -0.2) is 4.98 Å². The van der Waals surface area contributed by atoms with Crippen LogP contribution in [-0.2, 0) is 11.2 Å². The number of nitrogens with one attached hydrogen (secondary N) is 1. The Hall–Kier alpha value is -3.80. The van der Waals surface area contributed by atoms with Crippen molar-refractivity contribution in [2.75, 3.05) is 17.3 Å². The maximum absolute atomic E-state index is 12.0. The van der Waals surface area contributed by atoms with E-state index >= 15 is 0 Å². The lowest BCUT2D eigenvalue weighted by Crippen LogP contribution is -2.20. The Labute approximate surface area is 161 Å². The van der Waals surface area contributed by atoms with Crippen molar-refractivity contribution in [3.63, 3.8) is 0 Å². The predicted molar refractivity (Wildman–Crippen MR) is 110 cm³/mol. The zero-order chi connectivity index (χ0) is 19.1. The minimum atomic E-state index is 0.111. The molecule has 6 nitrogen and oxygen atoms in total. The molecule has 3 aromatic heterocycles. The number of carbonyl (C=O) groups is 1. The number of carbonyl (C=O) groups excluding carboxylic acids is 1. The summed E-state index contributed by atoms with van der Waals surface area (Å²) in [4.78, 5) is 27.1. The zero-order valence-electron chi connectivity index (χ0n) is 15.3. The first-order valence-corrected chi connectivity index (χ1v) is 9.02. The second-order valence-electron chi connectivity index (χ2n) is 6.76. The summed E-state index contributed by atoms with van der Waals surface area (Å²) in [6, 6.07) is 15.7. The average Bonchev–Trinajstić information content (AvgIpc) is 3.02. The summed E-state index contributed by atoms with van der Waals surface area (Å²) in [6.07, 6.45) is 5.70. The second kappa shape index (κ2) is 6.42. The number of amides is 1. The summed E-state index contributed by atoms with van der Waals surface area (Å²) in [5.74, 6) is 0.842. The molecule has 4 aromatic rings. The van der Waals surface area contributed by atoms with Gasteiger partial charge in [0.2, 0.25) is 5.91 Å². The summed E-state index contributed by atoms with van der Waals surface area (Å²) in [6.45, 7) is 0. The van der Waals surface area contributed by atoms with Gasteiger partial charge in [-0.3, -0.25) is 14.8 Å². The minimum absolute atomic E-state index is 0.111. The van der Waals surface area contributed by atoms with Crippen molar-refractivity contribution in [2.24, 2.45) is 0 Å². The number of nitrogens with zero attached hydrogens (tertiary/aromatic N) is 4. The van der Waals surface area contributed by atoms with Crippen LogP contribution in [0.2, 0.25) is 0 Å². The second-order valence-corrected chi connectivity index (χ2v) is 6.76. The molecule has 1 aromatic carbocycles. The first-order valence-electron chi connectivity index (χ1n) is 9.02. The molecule has 6 heteroatoms.